The maximum absolute atomic E-state index is 12.8. The molecule has 168 valence electrons. The molecule has 0 fully saturated rings. The van der Waals surface area contributed by atoms with Gasteiger partial charge < -0.3 is 10.1 Å². The normalized spacial score (nSPS) is 15.2. The van der Waals surface area contributed by atoms with E-state index in [4.69, 9.17) is 21.3 Å². The van der Waals surface area contributed by atoms with E-state index in [1.807, 2.05) is 79.0 Å². The number of carbonyl (C=O) groups excluding carboxylic acids is 1. The number of hydrogen-bond acceptors (Lipinski definition) is 5. The molecule has 1 aliphatic rings. The zero-order valence-electron chi connectivity index (χ0n) is 17.9. The van der Waals surface area contributed by atoms with Gasteiger partial charge in [0, 0.05) is 34.1 Å². The lowest BCUT2D eigenvalue weighted by Gasteiger charge is -2.25. The van der Waals surface area contributed by atoms with Crippen molar-refractivity contribution in [3.8, 4) is 10.9 Å². The number of benzene rings is 3. The maximum Gasteiger partial charge on any atom is 0.226 e. The third kappa shape index (κ3) is 3.73. The zero-order chi connectivity index (χ0) is 23.1. The summed E-state index contributed by atoms with van der Waals surface area (Å²) in [6, 6.07) is 23.4. The Balaban J connectivity index is 1.37. The molecule has 0 spiro atoms. The van der Waals surface area contributed by atoms with Gasteiger partial charge in [0.1, 0.15) is 18.2 Å². The van der Waals surface area contributed by atoms with Crippen molar-refractivity contribution in [1.82, 2.24) is 14.8 Å². The highest BCUT2D eigenvalue weighted by Crippen LogP contribution is 2.42. The fraction of sp³-hybridized carbons (Fsp3) is 0.115. The fourth-order valence-electron chi connectivity index (χ4n) is 4.26. The van der Waals surface area contributed by atoms with E-state index in [0.29, 0.717) is 29.0 Å². The van der Waals surface area contributed by atoms with E-state index in [2.05, 4.69) is 10.4 Å². The number of halogens is 1. The lowest BCUT2D eigenvalue weighted by atomic mass is 9.87. The summed E-state index contributed by atoms with van der Waals surface area (Å²) < 4.78 is 8.97. The molecular weight excluding hydrogens is 468 g/mol. The predicted octanol–water partition coefficient (Wildman–Crippen LogP) is 6.19. The standard InChI is InChI=1S/C26H19ClN4O2S/c27-20-9-3-1-7-16(20)15-33-22-11-5-2-8-17(22)18-13-24(32)30-25-19(18)14-28-31(25)26-29-21-10-4-6-12-23(21)34-26/h1-12,14,18H,13,15H2,(H,30,32). The van der Waals surface area contributed by atoms with Crippen LogP contribution in [0.5, 0.6) is 5.75 Å². The van der Waals surface area contributed by atoms with Crippen molar-refractivity contribution in [3.63, 3.8) is 0 Å². The zero-order valence-corrected chi connectivity index (χ0v) is 19.5. The molecule has 6 nitrogen and oxygen atoms in total. The van der Waals surface area contributed by atoms with E-state index in [9.17, 15) is 4.79 Å². The van der Waals surface area contributed by atoms with Crippen molar-refractivity contribution < 1.29 is 9.53 Å². The number of rotatable bonds is 5. The van der Waals surface area contributed by atoms with Gasteiger partial charge in [-0.3, -0.25) is 4.79 Å². The highest BCUT2D eigenvalue weighted by atomic mass is 35.5. The Morgan fingerprint density at radius 3 is 2.71 bits per heavy atom. The van der Waals surface area contributed by atoms with Crippen LogP contribution in [0, 0.1) is 0 Å². The van der Waals surface area contributed by atoms with Crippen molar-refractivity contribution in [2.45, 2.75) is 18.9 Å². The first-order valence-electron chi connectivity index (χ1n) is 10.9. The second kappa shape index (κ2) is 8.59. The Labute approximate surface area is 204 Å². The number of nitrogens with one attached hydrogen (secondary N) is 1. The van der Waals surface area contributed by atoms with E-state index in [0.717, 1.165) is 32.7 Å². The SMILES string of the molecule is O=C1CC(c2ccccc2OCc2ccccc2Cl)c2cnn(-c3nc4ccccc4s3)c2N1. The van der Waals surface area contributed by atoms with Gasteiger partial charge in [-0.25, -0.2) is 4.98 Å². The molecule has 0 saturated heterocycles. The van der Waals surface area contributed by atoms with Gasteiger partial charge in [-0.2, -0.15) is 9.78 Å². The molecule has 0 radical (unpaired) electrons. The molecule has 8 heteroatoms. The van der Waals surface area contributed by atoms with Crippen molar-refractivity contribution in [2.75, 3.05) is 5.32 Å². The number of nitrogens with zero attached hydrogens (tertiary/aromatic N) is 3. The molecule has 0 bridgehead atoms. The maximum atomic E-state index is 12.8. The van der Waals surface area contributed by atoms with Crippen molar-refractivity contribution >= 4 is 44.9 Å². The number of hydrogen-bond donors (Lipinski definition) is 1. The summed E-state index contributed by atoms with van der Waals surface area (Å²) in [5, 5.41) is 8.98. The quantitative estimate of drug-likeness (QED) is 0.321. The first-order chi connectivity index (χ1) is 16.7. The van der Waals surface area contributed by atoms with Crippen LogP contribution in [-0.2, 0) is 11.4 Å². The second-order valence-corrected chi connectivity index (χ2v) is 9.46. The van der Waals surface area contributed by atoms with E-state index in [-0.39, 0.29) is 11.8 Å². The number of ether oxygens (including phenoxy) is 1. The van der Waals surface area contributed by atoms with E-state index in [1.165, 1.54) is 11.3 Å². The third-order valence-corrected chi connectivity index (χ3v) is 7.30. The van der Waals surface area contributed by atoms with Crippen LogP contribution in [0.3, 0.4) is 0 Å². The molecule has 1 N–H and O–H groups in total. The smallest absolute Gasteiger partial charge is 0.226 e. The summed E-state index contributed by atoms with van der Waals surface area (Å²) in [5.74, 6) is 1.12. The van der Waals surface area contributed by atoms with Gasteiger partial charge in [0.15, 0.2) is 0 Å². The Hall–Kier alpha value is -3.68. The summed E-state index contributed by atoms with van der Waals surface area (Å²) in [5.41, 5.74) is 3.69. The number of carbonyl (C=O) groups is 1. The Kier molecular flexibility index (Phi) is 5.28. The van der Waals surface area contributed by atoms with Gasteiger partial charge in [-0.05, 0) is 24.3 Å². The van der Waals surface area contributed by atoms with Crippen LogP contribution in [0.2, 0.25) is 5.02 Å². The van der Waals surface area contributed by atoms with Crippen LogP contribution < -0.4 is 10.1 Å². The molecule has 1 aliphatic heterocycles. The monoisotopic (exact) mass is 486 g/mol. The van der Waals surface area contributed by atoms with Gasteiger partial charge in [-0.1, -0.05) is 71.5 Å². The largest absolute Gasteiger partial charge is 0.489 e. The van der Waals surface area contributed by atoms with Crippen LogP contribution in [0.15, 0.2) is 79.0 Å². The highest BCUT2D eigenvalue weighted by Gasteiger charge is 2.32. The van der Waals surface area contributed by atoms with Crippen molar-refractivity contribution in [3.05, 3.63) is 101 Å². The van der Waals surface area contributed by atoms with Crippen molar-refractivity contribution in [2.24, 2.45) is 0 Å². The summed E-state index contributed by atoms with van der Waals surface area (Å²) in [6.45, 7) is 0.341. The number of thiazole rings is 1. The number of anilines is 1. The molecule has 2 aromatic heterocycles. The summed E-state index contributed by atoms with van der Waals surface area (Å²) in [6.07, 6.45) is 2.13. The van der Waals surface area contributed by atoms with Crippen LogP contribution >= 0.6 is 22.9 Å². The molecule has 1 atom stereocenters. The lowest BCUT2D eigenvalue weighted by Crippen LogP contribution is -2.24. The van der Waals surface area contributed by atoms with Crippen LogP contribution in [0.4, 0.5) is 5.82 Å². The Morgan fingerprint density at radius 1 is 1.03 bits per heavy atom. The average Bonchev–Trinajstić information content (AvgIpc) is 3.47. The summed E-state index contributed by atoms with van der Waals surface area (Å²) >= 11 is 7.84. The van der Waals surface area contributed by atoms with E-state index >= 15 is 0 Å². The molecule has 1 unspecified atom stereocenters. The molecule has 3 aromatic carbocycles. The molecule has 1 amide bonds. The predicted molar refractivity (Wildman–Crippen MR) is 134 cm³/mol. The summed E-state index contributed by atoms with van der Waals surface area (Å²) in [7, 11) is 0. The summed E-state index contributed by atoms with van der Waals surface area (Å²) in [4.78, 5) is 17.5. The minimum absolute atomic E-state index is 0.0683. The molecular formula is C26H19ClN4O2S. The molecule has 3 heterocycles. The molecule has 34 heavy (non-hydrogen) atoms. The number of fused-ring (bicyclic) bond motifs is 2. The van der Waals surface area contributed by atoms with Gasteiger partial charge >= 0.3 is 0 Å². The Bertz CT molecular complexity index is 1490. The molecule has 0 aliphatic carbocycles. The minimum Gasteiger partial charge on any atom is -0.489 e. The molecule has 0 saturated carbocycles. The minimum atomic E-state index is -0.186. The van der Waals surface area contributed by atoms with Crippen LogP contribution in [0.25, 0.3) is 15.3 Å². The fourth-order valence-corrected chi connectivity index (χ4v) is 5.38. The van der Waals surface area contributed by atoms with Crippen LogP contribution in [0.1, 0.15) is 29.0 Å². The van der Waals surface area contributed by atoms with Crippen LogP contribution in [-0.4, -0.2) is 20.7 Å². The second-order valence-electron chi connectivity index (χ2n) is 8.05. The number of para-hydroxylation sites is 2. The van der Waals surface area contributed by atoms with Gasteiger partial charge in [0.05, 0.1) is 16.4 Å². The first-order valence-corrected chi connectivity index (χ1v) is 12.1. The van der Waals surface area contributed by atoms with Gasteiger partial charge in [-0.15, -0.1) is 0 Å². The van der Waals surface area contributed by atoms with E-state index in [1.54, 1.807) is 4.68 Å². The third-order valence-electron chi connectivity index (χ3n) is 5.92. The van der Waals surface area contributed by atoms with Gasteiger partial charge in [0.2, 0.25) is 11.0 Å². The first kappa shape index (κ1) is 20.9. The Morgan fingerprint density at radius 2 is 1.82 bits per heavy atom. The lowest BCUT2D eigenvalue weighted by molar-refractivity contribution is -0.116. The van der Waals surface area contributed by atoms with E-state index < -0.39 is 0 Å². The molecule has 6 rings (SSSR count). The van der Waals surface area contributed by atoms with Gasteiger partial charge in [0.25, 0.3) is 0 Å². The van der Waals surface area contributed by atoms with Crippen molar-refractivity contribution in [1.29, 1.82) is 0 Å². The average molecular weight is 487 g/mol. The molecule has 5 aromatic rings. The topological polar surface area (TPSA) is 69.0 Å². The number of aromatic nitrogens is 3. The highest BCUT2D eigenvalue weighted by molar-refractivity contribution is 7.20. The number of amides is 1.